The lowest BCUT2D eigenvalue weighted by Crippen LogP contribution is -2.30. The lowest BCUT2D eigenvalue weighted by atomic mass is 10.1. The van der Waals surface area contributed by atoms with E-state index in [2.05, 4.69) is 5.32 Å². The number of nitrogens with two attached hydrogens (primary N) is 1. The van der Waals surface area contributed by atoms with Crippen LogP contribution in [0.15, 0.2) is 24.3 Å². The average molecular weight is 257 g/mol. The van der Waals surface area contributed by atoms with Crippen LogP contribution in [0.1, 0.15) is 10.4 Å². The Morgan fingerprint density at radius 2 is 1.94 bits per heavy atom. The van der Waals surface area contributed by atoms with E-state index in [0.29, 0.717) is 0 Å². The summed E-state index contributed by atoms with van der Waals surface area (Å²) in [5.41, 5.74) is 5.38. The molecule has 0 aliphatic carbocycles. The van der Waals surface area contributed by atoms with Gasteiger partial charge in [-0.15, -0.1) is 0 Å². The number of alkyl halides is 2. The van der Waals surface area contributed by atoms with Gasteiger partial charge >= 0.3 is 6.43 Å². The van der Waals surface area contributed by atoms with Crippen LogP contribution >= 0.6 is 0 Å². The largest absolute Gasteiger partial charge is 0.351 e. The first kappa shape index (κ1) is 14.0. The van der Waals surface area contributed by atoms with Crippen LogP contribution in [-0.4, -0.2) is 31.3 Å². The minimum atomic E-state index is -3.13. The van der Waals surface area contributed by atoms with E-state index < -0.39 is 18.2 Å². The Bertz CT molecular complexity index is 438. The molecule has 1 aromatic rings. The van der Waals surface area contributed by atoms with Crippen molar-refractivity contribution in [1.29, 1.82) is 0 Å². The number of anilines is 1. The van der Waals surface area contributed by atoms with Gasteiger partial charge in [0.15, 0.2) is 0 Å². The highest BCUT2D eigenvalue weighted by Crippen LogP contribution is 2.15. The molecule has 0 aliphatic rings. The summed E-state index contributed by atoms with van der Waals surface area (Å²) in [5, 5.41) is 4.48. The van der Waals surface area contributed by atoms with Crippen molar-refractivity contribution in [2.24, 2.45) is 5.73 Å². The summed E-state index contributed by atoms with van der Waals surface area (Å²) in [6.07, 6.45) is -3.13. The zero-order valence-corrected chi connectivity index (χ0v) is 9.45. The standard InChI is InChI=1S/C11H13F2N3O2/c12-9(13)11(18)16-8-4-2-1-3-7(8)10(17)15-6-5-14/h1-4,9H,5-6,14H2,(H,15,17)(H,16,18). The zero-order valence-electron chi connectivity index (χ0n) is 9.45. The lowest BCUT2D eigenvalue weighted by Gasteiger charge is -2.10. The summed E-state index contributed by atoms with van der Waals surface area (Å²) < 4.78 is 24.2. The molecule has 7 heteroatoms. The van der Waals surface area contributed by atoms with Crippen molar-refractivity contribution in [3.63, 3.8) is 0 Å². The number of benzene rings is 1. The van der Waals surface area contributed by atoms with Crippen LogP contribution in [0.25, 0.3) is 0 Å². The topological polar surface area (TPSA) is 84.2 Å². The van der Waals surface area contributed by atoms with E-state index in [9.17, 15) is 18.4 Å². The minimum absolute atomic E-state index is 0.0392. The molecule has 0 aliphatic heterocycles. The normalized spacial score (nSPS) is 10.2. The van der Waals surface area contributed by atoms with Gasteiger partial charge in [-0.3, -0.25) is 9.59 Å². The van der Waals surface area contributed by atoms with Gasteiger partial charge in [-0.05, 0) is 12.1 Å². The average Bonchev–Trinajstić information content (AvgIpc) is 2.36. The highest BCUT2D eigenvalue weighted by Gasteiger charge is 2.18. The highest BCUT2D eigenvalue weighted by atomic mass is 19.3. The molecule has 0 unspecified atom stereocenters. The van der Waals surface area contributed by atoms with Gasteiger partial charge in [-0.2, -0.15) is 8.78 Å². The van der Waals surface area contributed by atoms with Gasteiger partial charge in [0.1, 0.15) is 0 Å². The quantitative estimate of drug-likeness (QED) is 0.721. The monoisotopic (exact) mass is 257 g/mol. The third-order valence-electron chi connectivity index (χ3n) is 2.06. The van der Waals surface area contributed by atoms with Crippen LogP contribution in [-0.2, 0) is 4.79 Å². The molecule has 4 N–H and O–H groups in total. The first-order valence-corrected chi connectivity index (χ1v) is 5.22. The number of rotatable bonds is 5. The summed E-state index contributed by atoms with van der Waals surface area (Å²) in [6, 6.07) is 5.89. The molecule has 18 heavy (non-hydrogen) atoms. The Labute approximate surface area is 102 Å². The van der Waals surface area contributed by atoms with Gasteiger partial charge in [0.05, 0.1) is 11.3 Å². The van der Waals surface area contributed by atoms with Crippen LogP contribution in [0.4, 0.5) is 14.5 Å². The first-order chi connectivity index (χ1) is 8.56. The number of amides is 2. The van der Waals surface area contributed by atoms with E-state index in [1.54, 1.807) is 6.07 Å². The van der Waals surface area contributed by atoms with Crippen molar-refractivity contribution in [1.82, 2.24) is 5.32 Å². The molecule has 0 fully saturated rings. The summed E-state index contributed by atoms with van der Waals surface area (Å²) in [5.74, 6) is -1.93. The molecule has 0 spiro atoms. The molecule has 0 aromatic heterocycles. The van der Waals surface area contributed by atoms with Crippen molar-refractivity contribution in [3.8, 4) is 0 Å². The summed E-state index contributed by atoms with van der Waals surface area (Å²) in [4.78, 5) is 22.6. The molecule has 0 radical (unpaired) electrons. The van der Waals surface area contributed by atoms with E-state index in [0.717, 1.165) is 0 Å². The third kappa shape index (κ3) is 3.77. The number of hydrogen-bond acceptors (Lipinski definition) is 3. The fraction of sp³-hybridized carbons (Fsp3) is 0.273. The molecule has 0 heterocycles. The summed E-state index contributed by atoms with van der Waals surface area (Å²) >= 11 is 0. The van der Waals surface area contributed by atoms with Gasteiger partial charge in [0.2, 0.25) is 0 Å². The summed E-state index contributed by atoms with van der Waals surface area (Å²) in [6.45, 7) is 0.521. The van der Waals surface area contributed by atoms with Crippen molar-refractivity contribution >= 4 is 17.5 Å². The Kier molecular flexibility index (Phi) is 5.19. The fourth-order valence-electron chi connectivity index (χ4n) is 1.26. The number of carbonyl (C=O) groups excluding carboxylic acids is 2. The lowest BCUT2D eigenvalue weighted by molar-refractivity contribution is -0.126. The molecule has 0 bridgehead atoms. The van der Waals surface area contributed by atoms with Crippen molar-refractivity contribution in [3.05, 3.63) is 29.8 Å². The van der Waals surface area contributed by atoms with Crippen molar-refractivity contribution in [2.45, 2.75) is 6.43 Å². The SMILES string of the molecule is NCCNC(=O)c1ccccc1NC(=O)C(F)F. The molecule has 0 atom stereocenters. The number of hydrogen-bond donors (Lipinski definition) is 3. The van der Waals surface area contributed by atoms with E-state index in [4.69, 9.17) is 5.73 Å². The maximum absolute atomic E-state index is 12.1. The van der Waals surface area contributed by atoms with Crippen LogP contribution < -0.4 is 16.4 Å². The maximum Gasteiger partial charge on any atom is 0.315 e. The molecule has 1 aromatic carbocycles. The molecule has 0 saturated carbocycles. The van der Waals surface area contributed by atoms with Gasteiger partial charge in [-0.25, -0.2) is 0 Å². The number of nitrogens with one attached hydrogen (secondary N) is 2. The van der Waals surface area contributed by atoms with E-state index >= 15 is 0 Å². The minimum Gasteiger partial charge on any atom is -0.351 e. The molecule has 98 valence electrons. The van der Waals surface area contributed by atoms with Gasteiger partial charge in [0.25, 0.3) is 11.8 Å². The van der Waals surface area contributed by atoms with Crippen molar-refractivity contribution in [2.75, 3.05) is 18.4 Å². The Morgan fingerprint density at radius 3 is 2.56 bits per heavy atom. The number of halogens is 2. The number of carbonyl (C=O) groups is 2. The van der Waals surface area contributed by atoms with Crippen molar-refractivity contribution < 1.29 is 18.4 Å². The predicted molar refractivity (Wildman–Crippen MR) is 62.5 cm³/mol. The second kappa shape index (κ2) is 6.65. The zero-order chi connectivity index (χ0) is 13.5. The van der Waals surface area contributed by atoms with Crippen LogP contribution in [0.2, 0.25) is 0 Å². The second-order valence-corrected chi connectivity index (χ2v) is 3.38. The molecular weight excluding hydrogens is 244 g/mol. The Balaban J connectivity index is 2.85. The molecule has 5 nitrogen and oxygen atoms in total. The van der Waals surface area contributed by atoms with Gasteiger partial charge in [-0.1, -0.05) is 12.1 Å². The fourth-order valence-corrected chi connectivity index (χ4v) is 1.26. The van der Waals surface area contributed by atoms with Gasteiger partial charge in [0, 0.05) is 13.1 Å². The Hall–Kier alpha value is -2.02. The molecule has 0 saturated heterocycles. The van der Waals surface area contributed by atoms with E-state index in [1.807, 2.05) is 5.32 Å². The van der Waals surface area contributed by atoms with E-state index in [1.165, 1.54) is 18.2 Å². The number of para-hydroxylation sites is 1. The molecule has 1 rings (SSSR count). The first-order valence-electron chi connectivity index (χ1n) is 5.22. The van der Waals surface area contributed by atoms with E-state index in [-0.39, 0.29) is 24.3 Å². The Morgan fingerprint density at radius 1 is 1.28 bits per heavy atom. The molecular formula is C11H13F2N3O2. The van der Waals surface area contributed by atoms with Gasteiger partial charge < -0.3 is 16.4 Å². The maximum atomic E-state index is 12.1. The summed E-state index contributed by atoms with van der Waals surface area (Å²) in [7, 11) is 0. The molecule has 2 amide bonds. The van der Waals surface area contributed by atoms with Crippen LogP contribution in [0.5, 0.6) is 0 Å². The predicted octanol–water partition coefficient (Wildman–Crippen LogP) is 0.579. The third-order valence-corrected chi connectivity index (χ3v) is 2.06. The smallest absolute Gasteiger partial charge is 0.315 e. The van der Waals surface area contributed by atoms with Crippen LogP contribution in [0.3, 0.4) is 0 Å². The second-order valence-electron chi connectivity index (χ2n) is 3.38. The highest BCUT2D eigenvalue weighted by molar-refractivity contribution is 6.04. The van der Waals surface area contributed by atoms with Crippen LogP contribution in [0, 0.1) is 0 Å².